The molecular weight excluding hydrogens is 370 g/mol. The number of rotatable bonds is 5. The first-order valence-electron chi connectivity index (χ1n) is 9.94. The van der Waals surface area contributed by atoms with Crippen LogP contribution in [0.2, 0.25) is 0 Å². The molecule has 1 aromatic heterocycles. The molecule has 1 aliphatic rings. The number of aryl methyl sites for hydroxylation is 1. The van der Waals surface area contributed by atoms with E-state index in [1.807, 2.05) is 39.0 Å². The number of carbonyl (C=O) groups excluding carboxylic acids is 2. The Labute approximate surface area is 171 Å². The van der Waals surface area contributed by atoms with Gasteiger partial charge in [-0.05, 0) is 45.6 Å². The number of hydrogen-bond donors (Lipinski definition) is 3. The highest BCUT2D eigenvalue weighted by Crippen LogP contribution is 2.24. The highest BCUT2D eigenvalue weighted by Gasteiger charge is 2.28. The van der Waals surface area contributed by atoms with Crippen molar-refractivity contribution in [2.45, 2.75) is 52.2 Å². The molecule has 29 heavy (non-hydrogen) atoms. The van der Waals surface area contributed by atoms with Crippen molar-refractivity contribution in [1.29, 1.82) is 0 Å². The monoisotopic (exact) mass is 399 g/mol. The Morgan fingerprint density at radius 3 is 2.72 bits per heavy atom. The Morgan fingerprint density at radius 2 is 2.00 bits per heavy atom. The highest BCUT2D eigenvalue weighted by molar-refractivity contribution is 5.89. The fourth-order valence-corrected chi connectivity index (χ4v) is 3.19. The molecule has 0 saturated carbocycles. The first-order chi connectivity index (χ1) is 13.8. The molecule has 3 N–H and O–H groups in total. The molecule has 1 aliphatic heterocycles. The second-order valence-corrected chi connectivity index (χ2v) is 8.15. The minimum absolute atomic E-state index is 0.276. The summed E-state index contributed by atoms with van der Waals surface area (Å²) in [6.07, 6.45) is 2.04. The van der Waals surface area contributed by atoms with Crippen LogP contribution >= 0.6 is 0 Å². The number of anilines is 1. The Morgan fingerprint density at radius 1 is 1.24 bits per heavy atom. The van der Waals surface area contributed by atoms with Crippen molar-refractivity contribution in [3.05, 3.63) is 47.2 Å². The van der Waals surface area contributed by atoms with E-state index in [0.29, 0.717) is 31.9 Å². The molecule has 1 aromatic carbocycles. The Bertz CT molecular complexity index is 842. The Kier molecular flexibility index (Phi) is 6.41. The van der Waals surface area contributed by atoms with Crippen molar-refractivity contribution in [1.82, 2.24) is 20.4 Å². The van der Waals surface area contributed by atoms with Crippen molar-refractivity contribution in [3.8, 4) is 0 Å². The second kappa shape index (κ2) is 8.98. The smallest absolute Gasteiger partial charge is 0.410 e. The van der Waals surface area contributed by atoms with Crippen LogP contribution in [0.3, 0.4) is 0 Å². The SMILES string of the molecule is CC(C)(C)OC(=O)N1CCc2c(NC(=O)NCCCc3ccccc3)n[nH]c2C1. The minimum Gasteiger partial charge on any atom is -0.444 e. The summed E-state index contributed by atoms with van der Waals surface area (Å²) in [4.78, 5) is 26.1. The number of aromatic amines is 1. The summed E-state index contributed by atoms with van der Waals surface area (Å²) in [6.45, 7) is 7.02. The molecule has 0 radical (unpaired) electrons. The van der Waals surface area contributed by atoms with E-state index in [2.05, 4.69) is 33.0 Å². The van der Waals surface area contributed by atoms with Gasteiger partial charge < -0.3 is 15.0 Å². The van der Waals surface area contributed by atoms with Crippen molar-refractivity contribution in [2.24, 2.45) is 0 Å². The molecule has 2 heterocycles. The molecule has 8 nitrogen and oxygen atoms in total. The van der Waals surface area contributed by atoms with E-state index in [1.165, 1.54) is 5.56 Å². The summed E-state index contributed by atoms with van der Waals surface area (Å²) in [5, 5.41) is 12.8. The number of nitrogens with zero attached hydrogens (tertiary/aromatic N) is 2. The average Bonchev–Trinajstić information content (AvgIpc) is 3.07. The molecule has 3 rings (SSSR count). The van der Waals surface area contributed by atoms with E-state index in [0.717, 1.165) is 24.1 Å². The van der Waals surface area contributed by atoms with E-state index < -0.39 is 5.60 Å². The number of carbonyl (C=O) groups is 2. The number of benzene rings is 1. The quantitative estimate of drug-likeness (QED) is 0.671. The molecule has 0 spiro atoms. The van der Waals surface area contributed by atoms with E-state index in [-0.39, 0.29) is 12.1 Å². The molecule has 0 unspecified atom stereocenters. The zero-order valence-electron chi connectivity index (χ0n) is 17.2. The predicted molar refractivity (Wildman–Crippen MR) is 111 cm³/mol. The van der Waals surface area contributed by atoms with Gasteiger partial charge in [-0.3, -0.25) is 10.4 Å². The summed E-state index contributed by atoms with van der Waals surface area (Å²) in [7, 11) is 0. The molecule has 0 aliphatic carbocycles. The number of H-pyrrole nitrogens is 1. The van der Waals surface area contributed by atoms with Gasteiger partial charge in [0, 0.05) is 18.7 Å². The lowest BCUT2D eigenvalue weighted by Crippen LogP contribution is -2.40. The second-order valence-electron chi connectivity index (χ2n) is 8.15. The standard InChI is InChI=1S/C21H29N5O3/c1-21(2,3)29-20(28)26-13-11-16-17(14-26)24-25-18(16)23-19(27)22-12-7-10-15-8-5-4-6-9-15/h4-6,8-9H,7,10-14H2,1-3H3,(H3,22,23,24,25,27). The summed E-state index contributed by atoms with van der Waals surface area (Å²) in [6, 6.07) is 9.90. The lowest BCUT2D eigenvalue weighted by Gasteiger charge is -2.29. The third kappa shape index (κ3) is 5.97. The summed E-state index contributed by atoms with van der Waals surface area (Å²) >= 11 is 0. The Hall–Kier alpha value is -3.03. The zero-order valence-corrected chi connectivity index (χ0v) is 17.2. The number of hydrogen-bond acceptors (Lipinski definition) is 4. The van der Waals surface area contributed by atoms with Gasteiger partial charge >= 0.3 is 12.1 Å². The number of urea groups is 1. The molecular formula is C21H29N5O3. The van der Waals surface area contributed by atoms with Gasteiger partial charge in [0.25, 0.3) is 0 Å². The van der Waals surface area contributed by atoms with Gasteiger partial charge in [-0.1, -0.05) is 30.3 Å². The van der Waals surface area contributed by atoms with E-state index in [1.54, 1.807) is 4.90 Å². The van der Waals surface area contributed by atoms with Crippen LogP contribution < -0.4 is 10.6 Å². The number of aromatic nitrogens is 2. The van der Waals surface area contributed by atoms with Crippen molar-refractivity contribution < 1.29 is 14.3 Å². The fourth-order valence-electron chi connectivity index (χ4n) is 3.19. The third-order valence-electron chi connectivity index (χ3n) is 4.59. The normalized spacial score (nSPS) is 13.6. The Balaban J connectivity index is 1.46. The summed E-state index contributed by atoms with van der Waals surface area (Å²) < 4.78 is 5.42. The van der Waals surface area contributed by atoms with Crippen LogP contribution in [0.5, 0.6) is 0 Å². The van der Waals surface area contributed by atoms with E-state index in [4.69, 9.17) is 4.74 Å². The van der Waals surface area contributed by atoms with Gasteiger partial charge in [0.2, 0.25) is 0 Å². The molecule has 0 atom stereocenters. The van der Waals surface area contributed by atoms with Crippen LogP contribution in [0, 0.1) is 0 Å². The van der Waals surface area contributed by atoms with Gasteiger partial charge in [-0.2, -0.15) is 5.10 Å². The molecule has 3 amide bonds. The number of nitrogens with one attached hydrogen (secondary N) is 3. The van der Waals surface area contributed by atoms with Gasteiger partial charge in [0.05, 0.1) is 12.2 Å². The van der Waals surface area contributed by atoms with Crippen LogP contribution in [0.15, 0.2) is 30.3 Å². The van der Waals surface area contributed by atoms with Gasteiger partial charge in [-0.15, -0.1) is 0 Å². The minimum atomic E-state index is -0.531. The number of fused-ring (bicyclic) bond motifs is 1. The first kappa shape index (κ1) is 20.7. The van der Waals surface area contributed by atoms with Crippen LogP contribution in [0.4, 0.5) is 15.4 Å². The van der Waals surface area contributed by atoms with Crippen molar-refractivity contribution in [2.75, 3.05) is 18.4 Å². The maximum Gasteiger partial charge on any atom is 0.410 e. The number of amides is 3. The number of ether oxygens (including phenoxy) is 1. The van der Waals surface area contributed by atoms with Crippen LogP contribution in [0.1, 0.15) is 44.0 Å². The fraction of sp³-hybridized carbons (Fsp3) is 0.476. The lowest BCUT2D eigenvalue weighted by molar-refractivity contribution is 0.0221. The van der Waals surface area contributed by atoms with Crippen LogP contribution in [-0.2, 0) is 24.1 Å². The topological polar surface area (TPSA) is 99.3 Å². The lowest BCUT2D eigenvalue weighted by atomic mass is 10.1. The van der Waals surface area contributed by atoms with Crippen LogP contribution in [-0.4, -0.2) is 45.9 Å². The highest BCUT2D eigenvalue weighted by atomic mass is 16.6. The van der Waals surface area contributed by atoms with Crippen molar-refractivity contribution >= 4 is 17.9 Å². The van der Waals surface area contributed by atoms with Crippen LogP contribution in [0.25, 0.3) is 0 Å². The zero-order chi connectivity index (χ0) is 20.9. The van der Waals surface area contributed by atoms with E-state index in [9.17, 15) is 9.59 Å². The van der Waals surface area contributed by atoms with Gasteiger partial charge in [-0.25, -0.2) is 9.59 Å². The van der Waals surface area contributed by atoms with Crippen molar-refractivity contribution in [3.63, 3.8) is 0 Å². The molecule has 156 valence electrons. The summed E-state index contributed by atoms with van der Waals surface area (Å²) in [5.74, 6) is 0.518. The molecule has 0 fully saturated rings. The summed E-state index contributed by atoms with van der Waals surface area (Å²) in [5.41, 5.74) is 2.48. The maximum absolute atomic E-state index is 12.2. The first-order valence-corrected chi connectivity index (χ1v) is 9.94. The van der Waals surface area contributed by atoms with E-state index >= 15 is 0 Å². The molecule has 8 heteroatoms. The third-order valence-corrected chi connectivity index (χ3v) is 4.59. The predicted octanol–water partition coefficient (Wildman–Crippen LogP) is 3.46. The maximum atomic E-state index is 12.2. The average molecular weight is 399 g/mol. The molecule has 2 aromatic rings. The largest absolute Gasteiger partial charge is 0.444 e. The molecule has 0 saturated heterocycles. The molecule has 0 bridgehead atoms. The van der Waals surface area contributed by atoms with Gasteiger partial charge in [0.15, 0.2) is 5.82 Å². The van der Waals surface area contributed by atoms with Gasteiger partial charge in [0.1, 0.15) is 5.60 Å².